The number of benzene rings is 1. The molecular weight excluding hydrogens is 239 g/mol. The predicted molar refractivity (Wildman–Crippen MR) is 55.8 cm³/mol. The van der Waals surface area contributed by atoms with Crippen LogP contribution in [0.15, 0.2) is 30.3 Å². The Balaban J connectivity index is 2.31. The van der Waals surface area contributed by atoms with E-state index in [1.807, 2.05) is 18.2 Å². The van der Waals surface area contributed by atoms with Gasteiger partial charge in [0, 0.05) is 0 Å². The van der Waals surface area contributed by atoms with Crippen LogP contribution in [0.3, 0.4) is 0 Å². The molecule has 0 radical (unpaired) electrons. The van der Waals surface area contributed by atoms with E-state index in [4.69, 9.17) is 0 Å². The summed E-state index contributed by atoms with van der Waals surface area (Å²) in [4.78, 5) is 0. The van der Waals surface area contributed by atoms with Crippen LogP contribution in [-0.4, -0.2) is 37.5 Å². The van der Waals surface area contributed by atoms with Crippen LogP contribution in [-0.2, 0) is 0 Å². The molecule has 2 unspecified atom stereocenters. The summed E-state index contributed by atoms with van der Waals surface area (Å²) in [5, 5.41) is 15.0. The molecule has 0 bridgehead atoms. The summed E-state index contributed by atoms with van der Waals surface area (Å²) < 4.78 is 0. The molecule has 1 aromatic heterocycles. The van der Waals surface area contributed by atoms with Crippen molar-refractivity contribution in [3.8, 4) is 0 Å². The van der Waals surface area contributed by atoms with Crippen LogP contribution in [0, 0.1) is 0 Å². The zero-order valence-corrected chi connectivity index (χ0v) is 10.0. The Bertz CT molecular complexity index is 373. The van der Waals surface area contributed by atoms with Gasteiger partial charge in [-0.3, -0.25) is 0 Å². The van der Waals surface area contributed by atoms with Crippen molar-refractivity contribution < 1.29 is 0 Å². The van der Waals surface area contributed by atoms with Crippen molar-refractivity contribution >= 4 is 16.9 Å². The summed E-state index contributed by atoms with van der Waals surface area (Å²) in [5.41, 5.74) is 1.26. The van der Waals surface area contributed by atoms with Gasteiger partial charge in [-0.1, -0.05) is 0 Å². The maximum absolute atomic E-state index is 3.96. The Labute approximate surface area is 90.6 Å². The van der Waals surface area contributed by atoms with Crippen LogP contribution >= 0.6 is 0 Å². The van der Waals surface area contributed by atoms with Crippen molar-refractivity contribution in [2.75, 3.05) is 0 Å². The molecule has 0 saturated carbocycles. The Kier molecular flexibility index (Phi) is 2.94. The summed E-state index contributed by atoms with van der Waals surface area (Å²) in [7, 11) is 0. The monoisotopic (exact) mass is 250 g/mol. The number of nitrogens with zero attached hydrogens (tertiary/aromatic N) is 3. The number of H-pyrrole nitrogens is 1. The van der Waals surface area contributed by atoms with E-state index in [1.165, 1.54) is 5.56 Å². The number of tetrazole rings is 1. The fourth-order valence-electron chi connectivity index (χ4n) is 1.41. The van der Waals surface area contributed by atoms with Gasteiger partial charge in [-0.2, -0.15) is 0 Å². The van der Waals surface area contributed by atoms with E-state index >= 15 is 0 Å². The molecule has 0 aliphatic heterocycles. The Morgan fingerprint density at radius 2 is 2.07 bits per heavy atom. The third-order valence-corrected chi connectivity index (χ3v) is 3.12. The van der Waals surface area contributed by atoms with E-state index in [-0.39, 0.29) is 0 Å². The van der Waals surface area contributed by atoms with Gasteiger partial charge in [0.05, 0.1) is 0 Å². The van der Waals surface area contributed by atoms with Crippen molar-refractivity contribution in [1.29, 1.82) is 0 Å². The molecule has 0 aliphatic carbocycles. The van der Waals surface area contributed by atoms with Gasteiger partial charge in [-0.25, -0.2) is 0 Å². The van der Waals surface area contributed by atoms with Gasteiger partial charge in [-0.05, 0) is 0 Å². The van der Waals surface area contributed by atoms with Crippen LogP contribution in [0.2, 0.25) is 5.21 Å². The average molecular weight is 250 g/mol. The Hall–Kier alpha value is -1.15. The fourth-order valence-corrected chi connectivity index (χ4v) is 2.44. The number of aromatic amines is 1. The summed E-state index contributed by atoms with van der Waals surface area (Å²) in [6.07, 6.45) is 0. The molecule has 5 heteroatoms. The molecule has 2 atom stereocenters. The molecular formula is C9H11AsN4. The first-order chi connectivity index (χ1) is 6.92. The molecule has 0 amide bonds. The van der Waals surface area contributed by atoms with Crippen molar-refractivity contribution in [2.45, 2.75) is 11.1 Å². The molecule has 0 aliphatic rings. The van der Waals surface area contributed by atoms with Crippen LogP contribution in [0.1, 0.15) is 17.3 Å². The molecule has 0 fully saturated rings. The van der Waals surface area contributed by atoms with E-state index in [2.05, 4.69) is 32.8 Å². The van der Waals surface area contributed by atoms with Gasteiger partial charge in [-0.15, -0.1) is 0 Å². The normalized spacial score (nSPS) is 12.6. The van der Waals surface area contributed by atoms with E-state index in [9.17, 15) is 0 Å². The van der Waals surface area contributed by atoms with Crippen molar-refractivity contribution in [1.82, 2.24) is 20.6 Å². The first-order valence-corrected chi connectivity index (χ1v) is 6.11. The Morgan fingerprint density at radius 1 is 1.29 bits per heavy atom. The van der Waals surface area contributed by atoms with Gasteiger partial charge in [0.15, 0.2) is 0 Å². The third kappa shape index (κ3) is 1.85. The molecule has 2 aromatic rings. The van der Waals surface area contributed by atoms with Gasteiger partial charge < -0.3 is 0 Å². The standard InChI is InChI=1S/C9H11AsN4/c10-6-8(9-11-13-14-12-9)7-4-2-1-3-5-7/h1-5,8H,6,10H2,(H,11,12,13,14). The maximum atomic E-state index is 3.96. The van der Waals surface area contributed by atoms with E-state index < -0.39 is 0 Å². The second kappa shape index (κ2) is 4.38. The van der Waals surface area contributed by atoms with E-state index in [0.717, 1.165) is 11.0 Å². The van der Waals surface area contributed by atoms with Crippen molar-refractivity contribution in [3.05, 3.63) is 41.7 Å². The molecule has 0 saturated heterocycles. The summed E-state index contributed by atoms with van der Waals surface area (Å²) in [6.45, 7) is 0. The third-order valence-electron chi connectivity index (χ3n) is 2.13. The number of rotatable bonds is 3. The minimum absolute atomic E-state index is 0.297. The topological polar surface area (TPSA) is 54.5 Å². The molecule has 4 nitrogen and oxygen atoms in total. The SMILES string of the molecule is [AsH2]CC(c1ccccc1)c1nnn[nH]1. The molecule has 1 aromatic carbocycles. The zero-order chi connectivity index (χ0) is 9.80. The summed E-state index contributed by atoms with van der Waals surface area (Å²) in [6, 6.07) is 10.3. The summed E-state index contributed by atoms with van der Waals surface area (Å²) in [5.74, 6) is 1.15. The van der Waals surface area contributed by atoms with E-state index in [1.54, 1.807) is 16.9 Å². The molecule has 1 heterocycles. The van der Waals surface area contributed by atoms with Crippen LogP contribution in [0.5, 0.6) is 0 Å². The van der Waals surface area contributed by atoms with Gasteiger partial charge in [0.25, 0.3) is 0 Å². The summed E-state index contributed by atoms with van der Waals surface area (Å²) >= 11 is 1.68. The number of hydrogen-bond acceptors (Lipinski definition) is 3. The number of hydrogen-bond donors (Lipinski definition) is 1. The van der Waals surface area contributed by atoms with Crippen molar-refractivity contribution in [3.63, 3.8) is 0 Å². The second-order valence-corrected chi connectivity index (χ2v) is 3.97. The minimum atomic E-state index is 0.297. The molecule has 2 rings (SSSR count). The molecule has 1 N–H and O–H groups in total. The zero-order valence-electron chi connectivity index (χ0n) is 7.59. The second-order valence-electron chi connectivity index (χ2n) is 2.99. The number of aromatic nitrogens is 4. The molecule has 0 spiro atoms. The first kappa shape index (κ1) is 9.41. The predicted octanol–water partition coefficient (Wildman–Crippen LogP) is 0.383. The molecule has 14 heavy (non-hydrogen) atoms. The first-order valence-electron chi connectivity index (χ1n) is 4.40. The van der Waals surface area contributed by atoms with E-state index in [0.29, 0.717) is 5.92 Å². The van der Waals surface area contributed by atoms with Gasteiger partial charge >= 0.3 is 90.3 Å². The Morgan fingerprint density at radius 3 is 2.64 bits per heavy atom. The van der Waals surface area contributed by atoms with Crippen LogP contribution in [0.25, 0.3) is 0 Å². The van der Waals surface area contributed by atoms with Crippen molar-refractivity contribution in [2.24, 2.45) is 0 Å². The average Bonchev–Trinajstić information content (AvgIpc) is 2.74. The van der Waals surface area contributed by atoms with Gasteiger partial charge in [0.2, 0.25) is 0 Å². The quantitative estimate of drug-likeness (QED) is 0.801. The van der Waals surface area contributed by atoms with Crippen LogP contribution < -0.4 is 0 Å². The molecule has 72 valence electrons. The fraction of sp³-hybridized carbons (Fsp3) is 0.222. The van der Waals surface area contributed by atoms with Crippen LogP contribution in [0.4, 0.5) is 0 Å². The number of nitrogens with one attached hydrogen (secondary N) is 1. The van der Waals surface area contributed by atoms with Gasteiger partial charge in [0.1, 0.15) is 0 Å².